The molecule has 1 aliphatic heterocycles. The van der Waals surface area contributed by atoms with Gasteiger partial charge in [0, 0.05) is 44.7 Å². The van der Waals surface area contributed by atoms with Crippen LogP contribution >= 0.6 is 0 Å². The molecule has 6 nitrogen and oxygen atoms in total. The molecule has 1 unspecified atom stereocenters. The molecule has 1 saturated heterocycles. The molecule has 1 heterocycles. The van der Waals surface area contributed by atoms with E-state index < -0.39 is 0 Å². The van der Waals surface area contributed by atoms with E-state index in [1.54, 1.807) is 0 Å². The lowest BCUT2D eigenvalue weighted by atomic mass is 10.1. The zero-order valence-electron chi connectivity index (χ0n) is 12.2. The highest BCUT2D eigenvalue weighted by molar-refractivity contribution is 5.79. The van der Waals surface area contributed by atoms with Crippen LogP contribution in [0.1, 0.15) is 20.8 Å². The van der Waals surface area contributed by atoms with Gasteiger partial charge in [-0.25, -0.2) is 0 Å². The van der Waals surface area contributed by atoms with E-state index in [-0.39, 0.29) is 23.8 Å². The van der Waals surface area contributed by atoms with Gasteiger partial charge in [0.15, 0.2) is 0 Å². The molecule has 3 N–H and O–H groups in total. The zero-order chi connectivity index (χ0) is 14.4. The summed E-state index contributed by atoms with van der Waals surface area (Å²) < 4.78 is 0. The number of nitrogens with two attached hydrogens (primary N) is 1. The average molecular weight is 270 g/mol. The van der Waals surface area contributed by atoms with Crippen LogP contribution in [0.3, 0.4) is 0 Å². The smallest absolute Gasteiger partial charge is 0.234 e. The maximum Gasteiger partial charge on any atom is 0.234 e. The number of carbonyl (C=O) groups excluding carboxylic acids is 2. The Kier molecular flexibility index (Phi) is 6.24. The standard InChI is InChI=1S/C13H26N4O2/c1-10(2)15-12(18)9-16-4-6-17(7-5-16)13(19)11(3)8-14/h10-11H,4-9,14H2,1-3H3,(H,15,18). The van der Waals surface area contributed by atoms with Crippen LogP contribution in [0.4, 0.5) is 0 Å². The lowest BCUT2D eigenvalue weighted by Gasteiger charge is -2.35. The van der Waals surface area contributed by atoms with E-state index in [4.69, 9.17) is 5.73 Å². The van der Waals surface area contributed by atoms with Crippen LogP contribution in [0.15, 0.2) is 0 Å². The molecule has 110 valence electrons. The molecule has 19 heavy (non-hydrogen) atoms. The van der Waals surface area contributed by atoms with E-state index in [1.807, 2.05) is 25.7 Å². The van der Waals surface area contributed by atoms with Crippen LogP contribution in [-0.2, 0) is 9.59 Å². The molecule has 6 heteroatoms. The molecule has 2 amide bonds. The minimum absolute atomic E-state index is 0.0464. The van der Waals surface area contributed by atoms with Crippen LogP contribution in [0, 0.1) is 5.92 Å². The molecule has 1 fully saturated rings. The summed E-state index contributed by atoms with van der Waals surface area (Å²) in [6.45, 7) is 9.39. The Labute approximate surface area is 115 Å². The fourth-order valence-electron chi connectivity index (χ4n) is 2.11. The number of hydrogen-bond acceptors (Lipinski definition) is 4. The Balaban J connectivity index is 2.33. The first kappa shape index (κ1) is 15.9. The molecule has 0 aromatic heterocycles. The van der Waals surface area contributed by atoms with Crippen molar-refractivity contribution in [3.8, 4) is 0 Å². The Bertz CT molecular complexity index is 312. The van der Waals surface area contributed by atoms with Gasteiger partial charge < -0.3 is 16.0 Å². The fraction of sp³-hybridized carbons (Fsp3) is 0.846. The van der Waals surface area contributed by atoms with E-state index in [2.05, 4.69) is 10.2 Å². The van der Waals surface area contributed by atoms with E-state index in [0.717, 1.165) is 13.1 Å². The predicted octanol–water partition coefficient (Wildman–Crippen LogP) is -0.750. The van der Waals surface area contributed by atoms with E-state index in [0.29, 0.717) is 26.2 Å². The Hall–Kier alpha value is -1.14. The summed E-state index contributed by atoms with van der Waals surface area (Å²) in [4.78, 5) is 27.5. The molecule has 1 aliphatic rings. The summed E-state index contributed by atoms with van der Waals surface area (Å²) in [7, 11) is 0. The van der Waals surface area contributed by atoms with Crippen molar-refractivity contribution in [1.82, 2.24) is 15.1 Å². The summed E-state index contributed by atoms with van der Waals surface area (Å²) in [5.41, 5.74) is 5.51. The molecule has 1 rings (SSSR count). The van der Waals surface area contributed by atoms with Crippen molar-refractivity contribution < 1.29 is 9.59 Å². The van der Waals surface area contributed by atoms with Crippen LogP contribution in [0.5, 0.6) is 0 Å². The molecule has 0 radical (unpaired) electrons. The van der Waals surface area contributed by atoms with Crippen molar-refractivity contribution in [2.45, 2.75) is 26.8 Å². The second kappa shape index (κ2) is 7.45. The van der Waals surface area contributed by atoms with Crippen molar-refractivity contribution in [2.75, 3.05) is 39.3 Å². The van der Waals surface area contributed by atoms with Crippen molar-refractivity contribution in [2.24, 2.45) is 11.7 Å². The number of rotatable bonds is 5. The van der Waals surface area contributed by atoms with Gasteiger partial charge in [0.25, 0.3) is 0 Å². The summed E-state index contributed by atoms with van der Waals surface area (Å²) in [5.74, 6) is 0.0506. The van der Waals surface area contributed by atoms with Gasteiger partial charge in [-0.15, -0.1) is 0 Å². The quantitative estimate of drug-likeness (QED) is 0.689. The molecule has 0 bridgehead atoms. The van der Waals surface area contributed by atoms with Crippen molar-refractivity contribution >= 4 is 11.8 Å². The normalized spacial score (nSPS) is 18.5. The number of carbonyl (C=O) groups is 2. The van der Waals surface area contributed by atoms with Gasteiger partial charge in [0.1, 0.15) is 0 Å². The molecular weight excluding hydrogens is 244 g/mol. The molecule has 0 spiro atoms. The highest BCUT2D eigenvalue weighted by Gasteiger charge is 2.24. The van der Waals surface area contributed by atoms with Gasteiger partial charge in [-0.1, -0.05) is 6.92 Å². The number of hydrogen-bond donors (Lipinski definition) is 2. The number of piperazine rings is 1. The highest BCUT2D eigenvalue weighted by atomic mass is 16.2. The van der Waals surface area contributed by atoms with Gasteiger partial charge in [-0.3, -0.25) is 14.5 Å². The minimum Gasteiger partial charge on any atom is -0.353 e. The van der Waals surface area contributed by atoms with Crippen molar-refractivity contribution in [1.29, 1.82) is 0 Å². The second-order valence-corrected chi connectivity index (χ2v) is 5.46. The fourth-order valence-corrected chi connectivity index (χ4v) is 2.11. The maximum atomic E-state index is 12.0. The first-order valence-corrected chi connectivity index (χ1v) is 6.94. The Morgan fingerprint density at radius 1 is 1.16 bits per heavy atom. The summed E-state index contributed by atoms with van der Waals surface area (Å²) in [5, 5.41) is 2.87. The van der Waals surface area contributed by atoms with E-state index >= 15 is 0 Å². The van der Waals surface area contributed by atoms with Gasteiger partial charge >= 0.3 is 0 Å². The van der Waals surface area contributed by atoms with Gasteiger partial charge in [-0.2, -0.15) is 0 Å². The van der Waals surface area contributed by atoms with E-state index in [9.17, 15) is 9.59 Å². The van der Waals surface area contributed by atoms with Crippen LogP contribution in [0.2, 0.25) is 0 Å². The highest BCUT2D eigenvalue weighted by Crippen LogP contribution is 2.06. The molecule has 0 saturated carbocycles. The number of amides is 2. The summed E-state index contributed by atoms with van der Waals surface area (Å²) in [6.07, 6.45) is 0. The lowest BCUT2D eigenvalue weighted by molar-refractivity contribution is -0.136. The van der Waals surface area contributed by atoms with Crippen molar-refractivity contribution in [3.63, 3.8) is 0 Å². The SMILES string of the molecule is CC(C)NC(=O)CN1CCN(C(=O)C(C)CN)CC1. The van der Waals surface area contributed by atoms with Crippen LogP contribution < -0.4 is 11.1 Å². The topological polar surface area (TPSA) is 78.7 Å². The Morgan fingerprint density at radius 2 is 1.74 bits per heavy atom. The maximum absolute atomic E-state index is 12.0. The third-order valence-corrected chi connectivity index (χ3v) is 3.28. The second-order valence-electron chi connectivity index (χ2n) is 5.46. The van der Waals surface area contributed by atoms with E-state index in [1.165, 1.54) is 0 Å². The monoisotopic (exact) mass is 270 g/mol. The van der Waals surface area contributed by atoms with Gasteiger partial charge in [-0.05, 0) is 13.8 Å². The molecule has 0 aliphatic carbocycles. The lowest BCUT2D eigenvalue weighted by Crippen LogP contribution is -2.53. The zero-order valence-corrected chi connectivity index (χ0v) is 12.2. The first-order valence-electron chi connectivity index (χ1n) is 6.94. The predicted molar refractivity (Wildman–Crippen MR) is 74.5 cm³/mol. The first-order chi connectivity index (χ1) is 8.93. The number of nitrogens with one attached hydrogen (secondary N) is 1. The molecular formula is C13H26N4O2. The average Bonchev–Trinajstić information content (AvgIpc) is 2.36. The molecule has 0 aromatic rings. The molecule has 1 atom stereocenters. The largest absolute Gasteiger partial charge is 0.353 e. The van der Waals surface area contributed by atoms with Gasteiger partial charge in [0.05, 0.1) is 6.54 Å². The van der Waals surface area contributed by atoms with Crippen LogP contribution in [-0.4, -0.2) is 66.9 Å². The number of nitrogens with zero attached hydrogens (tertiary/aromatic N) is 2. The summed E-state index contributed by atoms with van der Waals surface area (Å²) >= 11 is 0. The molecule has 0 aromatic carbocycles. The third-order valence-electron chi connectivity index (χ3n) is 3.28. The van der Waals surface area contributed by atoms with Gasteiger partial charge in [0.2, 0.25) is 11.8 Å². The third kappa shape index (κ3) is 5.16. The van der Waals surface area contributed by atoms with Crippen LogP contribution in [0.25, 0.3) is 0 Å². The van der Waals surface area contributed by atoms with Crippen molar-refractivity contribution in [3.05, 3.63) is 0 Å². The Morgan fingerprint density at radius 3 is 2.21 bits per heavy atom. The summed E-state index contributed by atoms with van der Waals surface area (Å²) in [6, 6.07) is 0.167. The minimum atomic E-state index is -0.115.